The first-order valence-corrected chi connectivity index (χ1v) is 39.1. The molecule has 2 fully saturated rings. The minimum absolute atomic E-state index is 0.254. The van der Waals surface area contributed by atoms with Crippen LogP contribution in [0.25, 0.3) is 0 Å². The molecule has 0 spiro atoms. The molecule has 14 heteroatoms. The van der Waals surface area contributed by atoms with Gasteiger partial charge in [0, 0.05) is 6.42 Å². The first-order chi connectivity index (χ1) is 48.1. The molecule has 0 radical (unpaired) electrons. The number of carbonyl (C=O) groups excluding carboxylic acids is 1. The molecular formula is C84H141NO13. The minimum atomic E-state index is -1.80. The van der Waals surface area contributed by atoms with Crippen molar-refractivity contribution in [2.45, 2.75) is 357 Å². The molecule has 2 heterocycles. The van der Waals surface area contributed by atoms with E-state index in [1.165, 1.54) is 122 Å². The van der Waals surface area contributed by atoms with Crippen LogP contribution in [0.1, 0.15) is 284 Å². The van der Waals surface area contributed by atoms with Crippen molar-refractivity contribution in [1.82, 2.24) is 5.32 Å². The van der Waals surface area contributed by atoms with E-state index in [1.807, 2.05) is 6.08 Å². The summed E-state index contributed by atoms with van der Waals surface area (Å²) >= 11 is 0. The molecule has 9 N–H and O–H groups in total. The third kappa shape index (κ3) is 48.7. The van der Waals surface area contributed by atoms with Crippen molar-refractivity contribution in [3.05, 3.63) is 146 Å². The molecule has 98 heavy (non-hydrogen) atoms. The molecule has 12 atom stereocenters. The van der Waals surface area contributed by atoms with Crippen molar-refractivity contribution in [1.29, 1.82) is 0 Å². The summed E-state index contributed by atoms with van der Waals surface area (Å²) in [5.41, 5.74) is 0. The Morgan fingerprint density at radius 2 is 0.704 bits per heavy atom. The van der Waals surface area contributed by atoms with Crippen LogP contribution in [0.4, 0.5) is 0 Å². The fourth-order valence-corrected chi connectivity index (χ4v) is 11.9. The Labute approximate surface area is 595 Å². The summed E-state index contributed by atoms with van der Waals surface area (Å²) in [4.78, 5) is 13.4. The predicted molar refractivity (Wildman–Crippen MR) is 405 cm³/mol. The average molecular weight is 1370 g/mol. The Morgan fingerprint density at radius 1 is 0.378 bits per heavy atom. The summed E-state index contributed by atoms with van der Waals surface area (Å²) in [7, 11) is 0. The van der Waals surface area contributed by atoms with Gasteiger partial charge in [0.1, 0.15) is 48.8 Å². The van der Waals surface area contributed by atoms with Gasteiger partial charge in [-0.15, -0.1) is 0 Å². The summed E-state index contributed by atoms with van der Waals surface area (Å²) in [6.45, 7) is 2.70. The lowest BCUT2D eigenvalue weighted by Gasteiger charge is -2.46. The molecule has 560 valence electrons. The topological polar surface area (TPSA) is 228 Å². The highest BCUT2D eigenvalue weighted by atomic mass is 16.7. The molecule has 2 saturated heterocycles. The molecular weight excluding hydrogens is 1230 g/mol. The molecule has 0 aromatic heterocycles. The van der Waals surface area contributed by atoms with E-state index in [1.54, 1.807) is 6.08 Å². The van der Waals surface area contributed by atoms with Gasteiger partial charge >= 0.3 is 0 Å². The summed E-state index contributed by atoms with van der Waals surface area (Å²) in [6, 6.07) is -0.933. The van der Waals surface area contributed by atoms with Crippen LogP contribution in [-0.4, -0.2) is 140 Å². The van der Waals surface area contributed by atoms with Crippen LogP contribution < -0.4 is 5.32 Å². The lowest BCUT2D eigenvalue weighted by atomic mass is 9.97. The summed E-state index contributed by atoms with van der Waals surface area (Å²) in [5, 5.41) is 87.6. The zero-order valence-corrected chi connectivity index (χ0v) is 61.2. The van der Waals surface area contributed by atoms with Crippen LogP contribution in [0.2, 0.25) is 0 Å². The largest absolute Gasteiger partial charge is 0.394 e. The standard InChI is InChI=1S/C84H141NO13/c1-3-5-7-9-11-13-15-17-19-21-23-25-27-28-29-30-31-32-33-34-35-36-37-38-39-40-41-42-43-44-46-48-50-52-54-56-58-60-62-64-66-68-76(89)85-72(71-95-83-81(94)79(92)82(75(70-87)97-83)98-84-80(93)78(91)77(90)74(69-86)96-84)73(88)67-65-63-61-59-57-55-53-51-49-47-45-26-24-22-20-18-16-14-12-10-8-6-4-2/h5,7,11,13,17,19,23,25,28-29,31-32,34-35,37-38,40-41,43-44,48,50,65,67,72-75,77-84,86-88,90-94H,3-4,6,8-10,12,14-16,18,20-22,24,26-27,30,33,36,39,42,45-47,49,51-64,66,68-71H2,1-2H3,(H,85,89)/b7-5-,13-11-,19-17-,25-23-,29-28-,32-31-,35-34-,38-37-,41-40-,44-43-,50-48-,67-65+. The molecule has 2 aliphatic rings. The van der Waals surface area contributed by atoms with Crippen molar-refractivity contribution in [3.63, 3.8) is 0 Å². The fraction of sp³-hybridized carbons (Fsp3) is 0.702. The van der Waals surface area contributed by atoms with E-state index < -0.39 is 86.8 Å². The van der Waals surface area contributed by atoms with Crippen LogP contribution in [0.15, 0.2) is 146 Å². The Bertz CT molecular complexity index is 2210. The van der Waals surface area contributed by atoms with E-state index in [0.29, 0.717) is 6.42 Å². The Hall–Kier alpha value is -4.13. The first kappa shape index (κ1) is 90.0. The maximum absolute atomic E-state index is 13.4. The van der Waals surface area contributed by atoms with Crippen molar-refractivity contribution >= 4 is 5.91 Å². The molecule has 0 bridgehead atoms. The fourth-order valence-electron chi connectivity index (χ4n) is 11.9. The van der Waals surface area contributed by atoms with Crippen molar-refractivity contribution in [3.8, 4) is 0 Å². The second-order valence-corrected chi connectivity index (χ2v) is 26.8. The minimum Gasteiger partial charge on any atom is -0.394 e. The highest BCUT2D eigenvalue weighted by Crippen LogP contribution is 2.30. The van der Waals surface area contributed by atoms with E-state index in [4.69, 9.17) is 18.9 Å². The third-order valence-electron chi connectivity index (χ3n) is 18.0. The highest BCUT2D eigenvalue weighted by Gasteiger charge is 2.51. The lowest BCUT2D eigenvalue weighted by Crippen LogP contribution is -2.65. The second-order valence-electron chi connectivity index (χ2n) is 26.8. The monoisotopic (exact) mass is 1370 g/mol. The van der Waals surface area contributed by atoms with Crippen LogP contribution in [0, 0.1) is 0 Å². The molecule has 0 saturated carbocycles. The summed E-state index contributed by atoms with van der Waals surface area (Å²) < 4.78 is 22.9. The molecule has 12 unspecified atom stereocenters. The molecule has 2 rings (SSSR count). The zero-order chi connectivity index (χ0) is 70.8. The number of ether oxygens (including phenoxy) is 4. The number of hydrogen-bond donors (Lipinski definition) is 9. The van der Waals surface area contributed by atoms with Crippen molar-refractivity contribution in [2.24, 2.45) is 0 Å². The number of amides is 1. The second kappa shape index (κ2) is 66.1. The van der Waals surface area contributed by atoms with Gasteiger partial charge in [-0.25, -0.2) is 0 Å². The SMILES string of the molecule is CC/C=C\C/C=C\C/C=C\C/C=C\C/C=C\C/C=C\C/C=C\C/C=C\C/C=C\C/C=C\C/C=C\CCCCCCCCCC(=O)NC(COC1OC(CO)C(OC2OC(CO)C(O)C(O)C2O)C(O)C1O)C(O)/C=C/CCCCCCCCCCCCCCCCCCCCCCC. The molecule has 0 aromatic rings. The van der Waals surface area contributed by atoms with Crippen LogP contribution in [0.3, 0.4) is 0 Å². The van der Waals surface area contributed by atoms with Gasteiger partial charge in [0.2, 0.25) is 5.91 Å². The van der Waals surface area contributed by atoms with Gasteiger partial charge in [-0.2, -0.15) is 0 Å². The zero-order valence-electron chi connectivity index (χ0n) is 61.2. The number of allylic oxidation sites excluding steroid dienone is 23. The summed E-state index contributed by atoms with van der Waals surface area (Å²) in [6.07, 6.45) is 83.3. The van der Waals surface area contributed by atoms with E-state index in [2.05, 4.69) is 153 Å². The van der Waals surface area contributed by atoms with Gasteiger partial charge in [-0.1, -0.05) is 320 Å². The average Bonchev–Trinajstić information content (AvgIpc) is 0.793. The first-order valence-electron chi connectivity index (χ1n) is 39.1. The van der Waals surface area contributed by atoms with E-state index >= 15 is 0 Å². The maximum atomic E-state index is 13.4. The molecule has 0 aliphatic carbocycles. The Kier molecular flexibility index (Phi) is 60.7. The molecule has 14 nitrogen and oxygen atoms in total. The quantitative estimate of drug-likeness (QED) is 0.0204. The number of aliphatic hydroxyl groups is 8. The molecule has 0 aromatic carbocycles. The normalized spacial score (nSPS) is 22.9. The van der Waals surface area contributed by atoms with Gasteiger partial charge in [0.05, 0.1) is 32.0 Å². The van der Waals surface area contributed by atoms with Gasteiger partial charge in [0.25, 0.3) is 0 Å². The van der Waals surface area contributed by atoms with Gasteiger partial charge in [-0.05, 0) is 103 Å². The van der Waals surface area contributed by atoms with Crippen LogP contribution >= 0.6 is 0 Å². The Balaban J connectivity index is 1.64. The smallest absolute Gasteiger partial charge is 0.220 e. The number of aliphatic hydroxyl groups excluding tert-OH is 8. The van der Waals surface area contributed by atoms with Gasteiger partial charge in [-0.3, -0.25) is 4.79 Å². The van der Waals surface area contributed by atoms with Gasteiger partial charge < -0.3 is 65.1 Å². The van der Waals surface area contributed by atoms with Crippen LogP contribution in [0.5, 0.6) is 0 Å². The van der Waals surface area contributed by atoms with E-state index in [0.717, 1.165) is 135 Å². The molecule has 2 aliphatic heterocycles. The number of rotatable bonds is 63. The third-order valence-corrected chi connectivity index (χ3v) is 18.0. The predicted octanol–water partition coefficient (Wildman–Crippen LogP) is 17.6. The van der Waals surface area contributed by atoms with Gasteiger partial charge in [0.15, 0.2) is 12.6 Å². The maximum Gasteiger partial charge on any atom is 0.220 e. The summed E-state index contributed by atoms with van der Waals surface area (Å²) in [5.74, 6) is -0.254. The van der Waals surface area contributed by atoms with Crippen molar-refractivity contribution in [2.75, 3.05) is 19.8 Å². The van der Waals surface area contributed by atoms with E-state index in [9.17, 15) is 45.6 Å². The Morgan fingerprint density at radius 3 is 1.08 bits per heavy atom. The number of hydrogen-bond acceptors (Lipinski definition) is 13. The van der Waals surface area contributed by atoms with Crippen LogP contribution in [-0.2, 0) is 23.7 Å². The number of nitrogens with one attached hydrogen (secondary N) is 1. The highest BCUT2D eigenvalue weighted by molar-refractivity contribution is 5.76. The number of unbranched alkanes of at least 4 members (excludes halogenated alkanes) is 28. The number of carbonyl (C=O) groups is 1. The van der Waals surface area contributed by atoms with E-state index in [-0.39, 0.29) is 18.9 Å². The molecule has 1 amide bonds. The van der Waals surface area contributed by atoms with Crippen molar-refractivity contribution < 1.29 is 64.6 Å². The lowest BCUT2D eigenvalue weighted by molar-refractivity contribution is -0.359.